The maximum absolute atomic E-state index is 12.4. The Bertz CT molecular complexity index is 588. The maximum Gasteiger partial charge on any atom is 0.410 e. The van der Waals surface area contributed by atoms with Crippen LogP contribution < -0.4 is 5.32 Å². The van der Waals surface area contributed by atoms with Crippen LogP contribution in [0.2, 0.25) is 0 Å². The number of ketones is 1. The minimum atomic E-state index is -0.567. The lowest BCUT2D eigenvalue weighted by molar-refractivity contribution is -0.134. The Hall–Kier alpha value is -2.32. The highest BCUT2D eigenvalue weighted by atomic mass is 16.6. The topological polar surface area (TPSA) is 105 Å². The molecule has 0 aliphatic carbocycles. The molecule has 2 heterocycles. The van der Waals surface area contributed by atoms with Crippen molar-refractivity contribution in [2.75, 3.05) is 39.3 Å². The standard InChI is InChI=1S/C19H31N3O6.3CH4/c1-3-27-17(25)20-10-6-4-5-7-16(24)21-11-8-19(9-12-21)14-22(13-15(2)23)18(26)28-19;;;/h3-14H2,1-2H3,(H,20,25);3*1H4. The lowest BCUT2D eigenvalue weighted by Crippen LogP contribution is -2.48. The van der Waals surface area contributed by atoms with E-state index < -0.39 is 17.8 Å². The second kappa shape index (κ2) is 14.6. The van der Waals surface area contributed by atoms with Gasteiger partial charge in [0.05, 0.1) is 19.7 Å². The lowest BCUT2D eigenvalue weighted by Gasteiger charge is -2.37. The van der Waals surface area contributed by atoms with Gasteiger partial charge in [-0.3, -0.25) is 14.5 Å². The Labute approximate surface area is 187 Å². The third-order valence-electron chi connectivity index (χ3n) is 5.09. The molecule has 1 spiro atoms. The molecular weight excluding hydrogens is 402 g/mol. The first-order valence-corrected chi connectivity index (χ1v) is 10.0. The van der Waals surface area contributed by atoms with Crippen molar-refractivity contribution in [3.63, 3.8) is 0 Å². The molecule has 182 valence electrons. The molecule has 0 aromatic heterocycles. The van der Waals surface area contributed by atoms with E-state index in [0.29, 0.717) is 52.0 Å². The number of Topliss-reactive ketones (excluding diaryl/α,β-unsaturated/α-hetero) is 1. The Morgan fingerprint density at radius 3 is 2.32 bits per heavy atom. The fraction of sp³-hybridized carbons (Fsp3) is 0.818. The first kappa shape index (κ1) is 30.9. The fourth-order valence-electron chi connectivity index (χ4n) is 3.62. The molecule has 0 unspecified atom stereocenters. The number of nitrogens with zero attached hydrogens (tertiary/aromatic N) is 2. The predicted molar refractivity (Wildman–Crippen MR) is 121 cm³/mol. The minimum absolute atomic E-state index is 0. The van der Waals surface area contributed by atoms with E-state index in [1.165, 1.54) is 11.8 Å². The number of rotatable bonds is 9. The molecule has 0 radical (unpaired) electrons. The SMILES string of the molecule is C.C.C.CCOC(=O)NCCCCCC(=O)N1CCC2(CC1)CN(CC(C)=O)C(=O)O2. The van der Waals surface area contributed by atoms with Crippen LogP contribution in [0.3, 0.4) is 0 Å². The highest BCUT2D eigenvalue weighted by Gasteiger charge is 2.47. The number of carbonyl (C=O) groups excluding carboxylic acids is 4. The van der Waals surface area contributed by atoms with Crippen LogP contribution in [-0.2, 0) is 19.1 Å². The molecule has 9 heteroatoms. The molecule has 0 aromatic carbocycles. The van der Waals surface area contributed by atoms with Gasteiger partial charge in [0.25, 0.3) is 0 Å². The van der Waals surface area contributed by atoms with Gasteiger partial charge in [0.2, 0.25) is 5.91 Å². The Morgan fingerprint density at radius 1 is 1.10 bits per heavy atom. The zero-order valence-corrected chi connectivity index (χ0v) is 16.8. The summed E-state index contributed by atoms with van der Waals surface area (Å²) < 4.78 is 10.3. The minimum Gasteiger partial charge on any atom is -0.450 e. The van der Waals surface area contributed by atoms with E-state index in [1.807, 2.05) is 4.90 Å². The van der Waals surface area contributed by atoms with Gasteiger partial charge in [-0.15, -0.1) is 0 Å². The van der Waals surface area contributed by atoms with Gasteiger partial charge in [-0.25, -0.2) is 9.59 Å². The van der Waals surface area contributed by atoms with E-state index in [0.717, 1.165) is 19.3 Å². The zero-order chi connectivity index (χ0) is 20.6. The molecule has 31 heavy (non-hydrogen) atoms. The summed E-state index contributed by atoms with van der Waals surface area (Å²) in [5, 5.41) is 2.66. The second-order valence-electron chi connectivity index (χ2n) is 7.45. The Morgan fingerprint density at radius 2 is 1.74 bits per heavy atom. The number of likely N-dealkylation sites (tertiary alicyclic amines) is 1. The van der Waals surface area contributed by atoms with Crippen molar-refractivity contribution in [2.24, 2.45) is 0 Å². The van der Waals surface area contributed by atoms with Crippen LogP contribution in [0.5, 0.6) is 0 Å². The van der Waals surface area contributed by atoms with Crippen molar-refractivity contribution in [3.05, 3.63) is 0 Å². The highest BCUT2D eigenvalue weighted by Crippen LogP contribution is 2.33. The molecule has 2 saturated heterocycles. The molecule has 2 rings (SSSR count). The van der Waals surface area contributed by atoms with Crippen molar-refractivity contribution in [3.8, 4) is 0 Å². The number of unbranched alkanes of at least 4 members (excludes halogenated alkanes) is 2. The summed E-state index contributed by atoms with van der Waals surface area (Å²) in [5.74, 6) is 0.0391. The molecule has 0 aromatic rings. The average molecular weight is 446 g/mol. The summed E-state index contributed by atoms with van der Waals surface area (Å²) >= 11 is 0. The van der Waals surface area contributed by atoms with E-state index in [9.17, 15) is 19.2 Å². The van der Waals surface area contributed by atoms with Crippen LogP contribution in [0.4, 0.5) is 9.59 Å². The molecule has 0 bridgehead atoms. The number of hydrogen-bond donors (Lipinski definition) is 1. The van der Waals surface area contributed by atoms with E-state index in [-0.39, 0.29) is 40.5 Å². The second-order valence-corrected chi connectivity index (χ2v) is 7.45. The summed E-state index contributed by atoms with van der Waals surface area (Å²) in [5.41, 5.74) is -0.567. The summed E-state index contributed by atoms with van der Waals surface area (Å²) in [6.45, 7) is 5.72. The number of hydrogen-bond acceptors (Lipinski definition) is 6. The van der Waals surface area contributed by atoms with E-state index in [1.54, 1.807) is 6.92 Å². The number of ether oxygens (including phenoxy) is 2. The third-order valence-corrected chi connectivity index (χ3v) is 5.09. The van der Waals surface area contributed by atoms with Gasteiger partial charge in [-0.1, -0.05) is 28.7 Å². The number of amides is 3. The predicted octanol–water partition coefficient (Wildman–Crippen LogP) is 3.60. The summed E-state index contributed by atoms with van der Waals surface area (Å²) in [6, 6.07) is 0. The van der Waals surface area contributed by atoms with Crippen LogP contribution >= 0.6 is 0 Å². The first-order valence-electron chi connectivity index (χ1n) is 10.0. The van der Waals surface area contributed by atoms with Crippen LogP contribution in [-0.4, -0.2) is 78.6 Å². The Kier molecular flexibility index (Phi) is 14.6. The monoisotopic (exact) mass is 445 g/mol. The largest absolute Gasteiger partial charge is 0.450 e. The van der Waals surface area contributed by atoms with Gasteiger partial charge in [0.15, 0.2) is 0 Å². The summed E-state index contributed by atoms with van der Waals surface area (Å²) in [4.78, 5) is 50.0. The lowest BCUT2D eigenvalue weighted by atomic mass is 9.91. The summed E-state index contributed by atoms with van der Waals surface area (Å²) in [7, 11) is 0. The number of alkyl carbamates (subject to hydrolysis) is 1. The maximum atomic E-state index is 12.4. The van der Waals surface area contributed by atoms with Gasteiger partial charge in [0.1, 0.15) is 11.4 Å². The third kappa shape index (κ3) is 9.57. The van der Waals surface area contributed by atoms with Crippen molar-refractivity contribution in [1.29, 1.82) is 0 Å². The van der Waals surface area contributed by atoms with Gasteiger partial charge in [-0.2, -0.15) is 0 Å². The van der Waals surface area contributed by atoms with Crippen molar-refractivity contribution >= 4 is 23.9 Å². The number of piperidine rings is 1. The van der Waals surface area contributed by atoms with E-state index in [2.05, 4.69) is 5.32 Å². The van der Waals surface area contributed by atoms with Crippen molar-refractivity contribution in [1.82, 2.24) is 15.1 Å². The van der Waals surface area contributed by atoms with E-state index >= 15 is 0 Å². The van der Waals surface area contributed by atoms with Crippen molar-refractivity contribution < 1.29 is 28.7 Å². The average Bonchev–Trinajstić information content (AvgIpc) is 2.92. The Balaban J connectivity index is 0. The molecule has 1 N–H and O–H groups in total. The molecule has 2 aliphatic heterocycles. The van der Waals surface area contributed by atoms with Crippen LogP contribution in [0.1, 0.15) is 74.7 Å². The smallest absolute Gasteiger partial charge is 0.410 e. The van der Waals surface area contributed by atoms with Gasteiger partial charge >= 0.3 is 12.2 Å². The normalized spacial score (nSPS) is 16.4. The molecule has 0 atom stereocenters. The van der Waals surface area contributed by atoms with E-state index in [4.69, 9.17) is 9.47 Å². The molecule has 2 fully saturated rings. The van der Waals surface area contributed by atoms with Gasteiger partial charge in [0, 0.05) is 38.9 Å². The molecular formula is C22H43N3O6. The van der Waals surface area contributed by atoms with Crippen LogP contribution in [0, 0.1) is 0 Å². The quantitative estimate of drug-likeness (QED) is 0.544. The fourth-order valence-corrected chi connectivity index (χ4v) is 3.62. The zero-order valence-electron chi connectivity index (χ0n) is 16.8. The van der Waals surface area contributed by atoms with Gasteiger partial charge in [-0.05, 0) is 26.7 Å². The molecule has 9 nitrogen and oxygen atoms in total. The number of carbonyl (C=O) groups is 4. The highest BCUT2D eigenvalue weighted by molar-refractivity contribution is 5.83. The molecule has 2 aliphatic rings. The van der Waals surface area contributed by atoms with Gasteiger partial charge < -0.3 is 19.7 Å². The van der Waals surface area contributed by atoms with Crippen molar-refractivity contribution in [2.45, 2.75) is 80.3 Å². The molecule has 3 amide bonds. The van der Waals surface area contributed by atoms with Crippen LogP contribution in [0.25, 0.3) is 0 Å². The molecule has 0 saturated carbocycles. The number of nitrogens with one attached hydrogen (secondary N) is 1. The van der Waals surface area contributed by atoms with Crippen LogP contribution in [0.15, 0.2) is 0 Å². The summed E-state index contributed by atoms with van der Waals surface area (Å²) in [6.07, 6.45) is 3.26. The first-order chi connectivity index (χ1) is 13.3.